The first-order chi connectivity index (χ1) is 21.3. The number of para-hydroxylation sites is 1. The molecule has 0 fully saturated rings. The van der Waals surface area contributed by atoms with Gasteiger partial charge in [-0.15, -0.1) is 0 Å². The second-order valence-corrected chi connectivity index (χ2v) is 12.0. The summed E-state index contributed by atoms with van der Waals surface area (Å²) in [6, 6.07) is 35.4. The van der Waals surface area contributed by atoms with Crippen molar-refractivity contribution in [2.45, 2.75) is 24.8 Å². The van der Waals surface area contributed by atoms with Gasteiger partial charge in [-0.1, -0.05) is 85.0 Å². The van der Waals surface area contributed by atoms with Gasteiger partial charge in [0.05, 0.1) is 22.6 Å². The maximum atomic E-state index is 6.33. The zero-order chi connectivity index (χ0) is 28.1. The third-order valence-electron chi connectivity index (χ3n) is 9.76. The van der Waals surface area contributed by atoms with Crippen LogP contribution in [0.1, 0.15) is 29.2 Å². The van der Waals surface area contributed by atoms with Gasteiger partial charge in [0.1, 0.15) is 11.2 Å². The summed E-state index contributed by atoms with van der Waals surface area (Å²) in [5.74, 6) is 0.264. The normalized spacial score (nSPS) is 18.7. The Bertz CT molecular complexity index is 2380. The van der Waals surface area contributed by atoms with Crippen molar-refractivity contribution >= 4 is 61.1 Å². The first-order valence-corrected chi connectivity index (χ1v) is 15.3. The second kappa shape index (κ2) is 8.62. The molecule has 5 aromatic carbocycles. The quantitative estimate of drug-likeness (QED) is 0.213. The number of hydrogen-bond donors (Lipinski definition) is 0. The highest BCUT2D eigenvalue weighted by Crippen LogP contribution is 2.54. The molecule has 2 unspecified atom stereocenters. The van der Waals surface area contributed by atoms with Crippen molar-refractivity contribution in [3.63, 3.8) is 0 Å². The molecule has 43 heavy (non-hydrogen) atoms. The molecule has 0 N–H and O–H groups in total. The summed E-state index contributed by atoms with van der Waals surface area (Å²) >= 11 is 0. The first-order valence-electron chi connectivity index (χ1n) is 15.3. The number of fused-ring (bicyclic) bond motifs is 11. The van der Waals surface area contributed by atoms with E-state index in [0.29, 0.717) is 0 Å². The van der Waals surface area contributed by atoms with Gasteiger partial charge in [-0.2, -0.15) is 0 Å². The van der Waals surface area contributed by atoms with E-state index < -0.39 is 0 Å². The lowest BCUT2D eigenvalue weighted by Crippen LogP contribution is -2.28. The van der Waals surface area contributed by atoms with Gasteiger partial charge in [0.15, 0.2) is 0 Å². The van der Waals surface area contributed by atoms with E-state index in [2.05, 4.69) is 143 Å². The van der Waals surface area contributed by atoms with E-state index in [9.17, 15) is 0 Å². The van der Waals surface area contributed by atoms with Crippen LogP contribution in [-0.4, -0.2) is 10.6 Å². The molecule has 0 saturated heterocycles. The number of nitrogens with zero attached hydrogens (tertiary/aromatic N) is 2. The van der Waals surface area contributed by atoms with Crippen LogP contribution >= 0.6 is 0 Å². The maximum Gasteiger partial charge on any atom is 0.137 e. The average molecular weight is 553 g/mol. The fraction of sp³-hybridized carbons (Fsp3) is 0.100. The van der Waals surface area contributed by atoms with Crippen LogP contribution in [0, 0.1) is 0 Å². The van der Waals surface area contributed by atoms with Gasteiger partial charge in [-0.3, -0.25) is 0 Å². The summed E-state index contributed by atoms with van der Waals surface area (Å²) in [5.41, 5.74) is 11.1. The summed E-state index contributed by atoms with van der Waals surface area (Å²) in [6.07, 6.45) is 16.0. The van der Waals surface area contributed by atoms with Crippen molar-refractivity contribution in [2.75, 3.05) is 4.90 Å². The summed E-state index contributed by atoms with van der Waals surface area (Å²) in [7, 11) is 0. The molecule has 3 aliphatic rings. The van der Waals surface area contributed by atoms with Crippen molar-refractivity contribution in [3.05, 3.63) is 144 Å². The van der Waals surface area contributed by atoms with Gasteiger partial charge in [0, 0.05) is 33.8 Å². The number of rotatable bonds is 2. The molecule has 3 heterocycles. The van der Waals surface area contributed by atoms with Crippen LogP contribution in [0.5, 0.6) is 0 Å². The topological polar surface area (TPSA) is 21.3 Å². The van der Waals surface area contributed by atoms with Crippen molar-refractivity contribution in [3.8, 4) is 5.69 Å². The highest BCUT2D eigenvalue weighted by atomic mass is 16.3. The van der Waals surface area contributed by atoms with Crippen LogP contribution in [-0.2, 0) is 6.42 Å². The molecule has 3 nitrogen and oxygen atoms in total. The maximum absolute atomic E-state index is 6.33. The molecular weight excluding hydrogens is 524 g/mol. The highest BCUT2D eigenvalue weighted by Gasteiger charge is 2.41. The fourth-order valence-electron chi connectivity index (χ4n) is 8.00. The molecule has 204 valence electrons. The zero-order valence-corrected chi connectivity index (χ0v) is 23.6. The SMILES string of the molecule is C1=CC2c3c(ccc4c3c3c(n4-c4ccc5ccccc5c4)C=CCC3)N(c3cccc4oc5ccccc5c34)C2C=C1. The number of aryl methyl sites for hydroxylation is 1. The van der Waals surface area contributed by atoms with Gasteiger partial charge in [0.2, 0.25) is 0 Å². The van der Waals surface area contributed by atoms with Crippen LogP contribution in [0.2, 0.25) is 0 Å². The van der Waals surface area contributed by atoms with E-state index >= 15 is 0 Å². The average Bonchev–Trinajstić information content (AvgIpc) is 3.72. The molecular formula is C40H28N2O. The fourth-order valence-corrected chi connectivity index (χ4v) is 8.00. The van der Waals surface area contributed by atoms with Crippen LogP contribution < -0.4 is 4.90 Å². The summed E-state index contributed by atoms with van der Waals surface area (Å²) in [6.45, 7) is 0. The lowest BCUT2D eigenvalue weighted by molar-refractivity contribution is 0.668. The van der Waals surface area contributed by atoms with Gasteiger partial charge in [-0.25, -0.2) is 0 Å². The van der Waals surface area contributed by atoms with E-state index in [0.717, 1.165) is 24.0 Å². The predicted molar refractivity (Wildman–Crippen MR) is 179 cm³/mol. The Hall–Kier alpha value is -5.28. The lowest BCUT2D eigenvalue weighted by Gasteiger charge is -2.29. The minimum absolute atomic E-state index is 0.198. The zero-order valence-electron chi connectivity index (χ0n) is 23.6. The summed E-state index contributed by atoms with van der Waals surface area (Å²) in [5, 5.41) is 6.31. The number of allylic oxidation sites excluding steroid dienone is 3. The van der Waals surface area contributed by atoms with Crippen LogP contribution in [0.3, 0.4) is 0 Å². The summed E-state index contributed by atoms with van der Waals surface area (Å²) < 4.78 is 8.83. The first kappa shape index (κ1) is 23.3. The molecule has 10 rings (SSSR count). The Morgan fingerprint density at radius 1 is 0.698 bits per heavy atom. The van der Waals surface area contributed by atoms with E-state index in [1.807, 2.05) is 0 Å². The van der Waals surface area contributed by atoms with E-state index in [1.165, 1.54) is 66.3 Å². The smallest absolute Gasteiger partial charge is 0.137 e. The number of anilines is 2. The Morgan fingerprint density at radius 3 is 2.53 bits per heavy atom. The molecule has 2 atom stereocenters. The molecule has 0 radical (unpaired) electrons. The van der Waals surface area contributed by atoms with Crippen LogP contribution in [0.15, 0.2) is 132 Å². The molecule has 7 aromatic rings. The monoisotopic (exact) mass is 552 g/mol. The Kier molecular flexibility index (Phi) is 4.67. The molecule has 1 aliphatic heterocycles. The third-order valence-corrected chi connectivity index (χ3v) is 9.76. The van der Waals surface area contributed by atoms with Crippen molar-refractivity contribution in [1.82, 2.24) is 4.57 Å². The minimum Gasteiger partial charge on any atom is -0.456 e. The number of furan rings is 1. The predicted octanol–water partition coefficient (Wildman–Crippen LogP) is 10.4. The molecule has 0 spiro atoms. The lowest BCUT2D eigenvalue weighted by atomic mass is 9.87. The van der Waals surface area contributed by atoms with Crippen molar-refractivity contribution < 1.29 is 4.42 Å². The Balaban J connectivity index is 1.27. The van der Waals surface area contributed by atoms with Gasteiger partial charge in [0.25, 0.3) is 0 Å². The standard InChI is InChI=1S/C40H28N2O/c1-2-11-26-24-27(21-20-25(26)10-1)41-31-15-6-3-12-28(31)39-34(41)22-23-35-40(39)29-13-4-7-16-32(29)42(35)33-17-9-19-37-38(33)30-14-5-8-18-36(30)43-37/h1-2,4-11,13-24,29,32H,3,12H2. The van der Waals surface area contributed by atoms with E-state index in [4.69, 9.17) is 4.42 Å². The van der Waals surface area contributed by atoms with Gasteiger partial charge >= 0.3 is 0 Å². The molecule has 2 aromatic heterocycles. The largest absolute Gasteiger partial charge is 0.456 e. The third kappa shape index (κ3) is 3.14. The minimum atomic E-state index is 0.198. The molecule has 0 amide bonds. The second-order valence-electron chi connectivity index (χ2n) is 12.0. The molecule has 0 saturated carbocycles. The number of benzene rings is 5. The van der Waals surface area contributed by atoms with Gasteiger partial charge in [-0.05, 0) is 83.3 Å². The van der Waals surface area contributed by atoms with Crippen molar-refractivity contribution in [2.24, 2.45) is 0 Å². The number of hydrogen-bond acceptors (Lipinski definition) is 2. The van der Waals surface area contributed by atoms with E-state index in [-0.39, 0.29) is 12.0 Å². The van der Waals surface area contributed by atoms with Crippen LogP contribution in [0.4, 0.5) is 11.4 Å². The Labute approximate surface area is 249 Å². The summed E-state index contributed by atoms with van der Waals surface area (Å²) in [4.78, 5) is 2.57. The van der Waals surface area contributed by atoms with Crippen LogP contribution in [0.25, 0.3) is 55.4 Å². The van der Waals surface area contributed by atoms with Gasteiger partial charge < -0.3 is 13.9 Å². The molecule has 2 aliphatic carbocycles. The van der Waals surface area contributed by atoms with E-state index in [1.54, 1.807) is 0 Å². The molecule has 0 bridgehead atoms. The molecule has 3 heteroatoms. The van der Waals surface area contributed by atoms with Crippen molar-refractivity contribution in [1.29, 1.82) is 0 Å². The highest BCUT2D eigenvalue weighted by molar-refractivity contribution is 6.13. The Morgan fingerprint density at radius 2 is 1.56 bits per heavy atom. The number of aromatic nitrogens is 1.